The van der Waals surface area contributed by atoms with Crippen LogP contribution in [0.25, 0.3) is 78.0 Å². The summed E-state index contributed by atoms with van der Waals surface area (Å²) in [6.45, 7) is 0. The highest BCUT2D eigenvalue weighted by Gasteiger charge is 2.16. The fourth-order valence-electron chi connectivity index (χ4n) is 7.00. The summed E-state index contributed by atoms with van der Waals surface area (Å²) < 4.78 is 18.5. The summed E-state index contributed by atoms with van der Waals surface area (Å²) in [7, 11) is 0. The van der Waals surface area contributed by atoms with Gasteiger partial charge in [0.05, 0.1) is 0 Å². The zero-order valence-electron chi connectivity index (χ0n) is 28.1. The molecule has 10 rings (SSSR count). The average molecular weight is 670 g/mol. The minimum Gasteiger partial charge on any atom is -0.456 e. The molecule has 0 saturated heterocycles. The van der Waals surface area contributed by atoms with Crippen molar-refractivity contribution in [2.75, 3.05) is 4.90 Å². The van der Waals surface area contributed by atoms with Gasteiger partial charge >= 0.3 is 0 Å². The highest BCUT2D eigenvalue weighted by molar-refractivity contribution is 5.87. The van der Waals surface area contributed by atoms with Gasteiger partial charge in [-0.3, -0.25) is 0 Å². The van der Waals surface area contributed by atoms with Crippen LogP contribution in [0.1, 0.15) is 0 Å². The van der Waals surface area contributed by atoms with E-state index in [1.807, 2.05) is 54.6 Å². The maximum atomic E-state index is 6.17. The molecule has 246 valence electrons. The Kier molecular flexibility index (Phi) is 7.10. The van der Waals surface area contributed by atoms with Crippen molar-refractivity contribution >= 4 is 50.0 Å². The van der Waals surface area contributed by atoms with E-state index in [2.05, 4.69) is 138 Å². The fraction of sp³-hybridized carbons (Fsp3) is 0. The summed E-state index contributed by atoms with van der Waals surface area (Å²) in [5, 5.41) is 3.30. The van der Waals surface area contributed by atoms with Gasteiger partial charge in [0.2, 0.25) is 0 Å². The number of furan rings is 3. The molecule has 0 atom stereocenters. The van der Waals surface area contributed by atoms with Crippen LogP contribution in [0.3, 0.4) is 0 Å². The summed E-state index contributed by atoms with van der Waals surface area (Å²) in [6.07, 6.45) is 0. The van der Waals surface area contributed by atoms with Crippen molar-refractivity contribution in [2.45, 2.75) is 0 Å². The third kappa shape index (κ3) is 5.44. The van der Waals surface area contributed by atoms with Gasteiger partial charge in [-0.1, -0.05) is 91.0 Å². The first-order valence-electron chi connectivity index (χ1n) is 17.4. The average Bonchev–Trinajstić information content (AvgIpc) is 3.96. The maximum Gasteiger partial charge on any atom is 0.135 e. The van der Waals surface area contributed by atoms with Crippen LogP contribution in [-0.2, 0) is 0 Å². The molecule has 0 aliphatic heterocycles. The Balaban J connectivity index is 0.980. The van der Waals surface area contributed by atoms with Gasteiger partial charge in [-0.25, -0.2) is 0 Å². The van der Waals surface area contributed by atoms with E-state index in [0.29, 0.717) is 0 Å². The summed E-state index contributed by atoms with van der Waals surface area (Å²) in [5.41, 5.74) is 11.2. The summed E-state index contributed by atoms with van der Waals surface area (Å²) >= 11 is 0. The first-order valence-corrected chi connectivity index (χ1v) is 17.4. The van der Waals surface area contributed by atoms with E-state index < -0.39 is 0 Å². The van der Waals surface area contributed by atoms with Crippen molar-refractivity contribution < 1.29 is 13.3 Å². The number of fused-ring (bicyclic) bond motifs is 3. The molecule has 3 heterocycles. The molecule has 7 aromatic carbocycles. The molecule has 0 N–H and O–H groups in total. The molecule has 3 aromatic heterocycles. The van der Waals surface area contributed by atoms with Crippen molar-refractivity contribution in [2.24, 2.45) is 0 Å². The Bertz CT molecular complexity index is 2600. The Labute approximate surface area is 300 Å². The molecular weight excluding hydrogens is 639 g/mol. The Morgan fingerprint density at radius 2 is 0.538 bits per heavy atom. The van der Waals surface area contributed by atoms with Crippen molar-refractivity contribution in [3.8, 4) is 45.1 Å². The van der Waals surface area contributed by atoms with Gasteiger partial charge in [0.1, 0.15) is 34.0 Å². The highest BCUT2D eigenvalue weighted by Crippen LogP contribution is 2.39. The SMILES string of the molecule is c1ccc2oc(-c3ccc(-c4ccc(N(c5ccc(-c6cc7ccccc7o6)cc5)c5ccc(-c6cc7ccccc7o6)cc5)cc4)cc3)cc2c1. The molecule has 4 heteroatoms. The van der Waals surface area contributed by atoms with E-state index in [1.54, 1.807) is 0 Å². The predicted molar refractivity (Wildman–Crippen MR) is 212 cm³/mol. The lowest BCUT2D eigenvalue weighted by molar-refractivity contribution is 0.631. The van der Waals surface area contributed by atoms with Crippen LogP contribution in [0.4, 0.5) is 17.1 Å². The quantitative estimate of drug-likeness (QED) is 0.169. The van der Waals surface area contributed by atoms with Gasteiger partial charge < -0.3 is 18.2 Å². The molecule has 0 saturated carbocycles. The van der Waals surface area contributed by atoms with Crippen LogP contribution in [0.2, 0.25) is 0 Å². The van der Waals surface area contributed by atoms with Crippen LogP contribution in [-0.4, -0.2) is 0 Å². The van der Waals surface area contributed by atoms with E-state index in [1.165, 1.54) is 0 Å². The van der Waals surface area contributed by atoms with Gasteiger partial charge in [-0.05, 0) is 108 Å². The molecule has 52 heavy (non-hydrogen) atoms. The summed E-state index contributed by atoms with van der Waals surface area (Å²) in [4.78, 5) is 2.28. The van der Waals surface area contributed by atoms with E-state index in [9.17, 15) is 0 Å². The second-order valence-electron chi connectivity index (χ2n) is 13.0. The fourth-order valence-corrected chi connectivity index (χ4v) is 7.00. The van der Waals surface area contributed by atoms with Crippen LogP contribution < -0.4 is 4.90 Å². The predicted octanol–water partition coefficient (Wildman–Crippen LogP) is 14.1. The summed E-state index contributed by atoms with van der Waals surface area (Å²) in [6, 6.07) is 65.0. The van der Waals surface area contributed by atoms with E-state index in [4.69, 9.17) is 13.3 Å². The lowest BCUT2D eigenvalue weighted by atomic mass is 10.0. The molecule has 0 spiro atoms. The van der Waals surface area contributed by atoms with Crippen molar-refractivity contribution in [1.29, 1.82) is 0 Å². The van der Waals surface area contributed by atoms with Crippen LogP contribution in [0.15, 0.2) is 201 Å². The molecule has 0 fully saturated rings. The first kappa shape index (κ1) is 29.8. The third-order valence-corrected chi connectivity index (χ3v) is 9.72. The second kappa shape index (κ2) is 12.4. The number of rotatable bonds is 7. The number of para-hydroxylation sites is 3. The molecule has 4 nitrogen and oxygen atoms in total. The monoisotopic (exact) mass is 669 g/mol. The number of hydrogen-bond donors (Lipinski definition) is 0. The lowest BCUT2D eigenvalue weighted by Crippen LogP contribution is -2.09. The van der Waals surface area contributed by atoms with E-state index in [-0.39, 0.29) is 0 Å². The van der Waals surface area contributed by atoms with E-state index >= 15 is 0 Å². The number of hydrogen-bond acceptors (Lipinski definition) is 4. The maximum absolute atomic E-state index is 6.17. The van der Waals surface area contributed by atoms with Gasteiger partial charge in [-0.15, -0.1) is 0 Å². The van der Waals surface area contributed by atoms with Crippen LogP contribution >= 0.6 is 0 Å². The van der Waals surface area contributed by atoms with Crippen molar-refractivity contribution in [1.82, 2.24) is 0 Å². The van der Waals surface area contributed by atoms with Crippen LogP contribution in [0, 0.1) is 0 Å². The molecule has 10 aromatic rings. The zero-order valence-corrected chi connectivity index (χ0v) is 28.1. The second-order valence-corrected chi connectivity index (χ2v) is 13.0. The topological polar surface area (TPSA) is 42.7 Å². The normalized spacial score (nSPS) is 11.5. The van der Waals surface area contributed by atoms with Gasteiger partial charge in [0.25, 0.3) is 0 Å². The van der Waals surface area contributed by atoms with Crippen molar-refractivity contribution in [3.63, 3.8) is 0 Å². The molecular formula is C48H31NO3. The van der Waals surface area contributed by atoms with Gasteiger partial charge in [-0.2, -0.15) is 0 Å². The zero-order chi connectivity index (χ0) is 34.4. The minimum atomic E-state index is 0.852. The molecule has 0 amide bonds. The van der Waals surface area contributed by atoms with Crippen molar-refractivity contribution in [3.05, 3.63) is 188 Å². The highest BCUT2D eigenvalue weighted by atomic mass is 16.3. The first-order chi connectivity index (χ1) is 25.7. The molecule has 0 aliphatic rings. The molecule has 0 aliphatic carbocycles. The Hall–Kier alpha value is -7.04. The smallest absolute Gasteiger partial charge is 0.135 e. The largest absolute Gasteiger partial charge is 0.456 e. The van der Waals surface area contributed by atoms with Gasteiger partial charge in [0, 0.05) is 49.9 Å². The standard InChI is InChI=1S/C48H31NO3/c1-4-10-43-37(7-1)29-46(50-43)34-15-13-32(14-16-34)33-17-23-40(24-18-33)49(41-25-19-35(20-26-41)47-30-38-8-2-5-11-44(38)51-47)42-27-21-36(22-28-42)48-31-39-9-3-6-12-45(39)52-48/h1-31H. The third-order valence-electron chi connectivity index (χ3n) is 9.72. The number of benzene rings is 7. The Morgan fingerprint density at radius 3 is 0.865 bits per heavy atom. The van der Waals surface area contributed by atoms with E-state index in [0.717, 1.165) is 95.1 Å². The van der Waals surface area contributed by atoms with Gasteiger partial charge in [0.15, 0.2) is 0 Å². The molecule has 0 bridgehead atoms. The minimum absolute atomic E-state index is 0.852. The Morgan fingerprint density at radius 1 is 0.269 bits per heavy atom. The number of anilines is 3. The molecule has 0 radical (unpaired) electrons. The molecule has 0 unspecified atom stereocenters. The van der Waals surface area contributed by atoms with Crippen LogP contribution in [0.5, 0.6) is 0 Å². The summed E-state index contributed by atoms with van der Waals surface area (Å²) in [5.74, 6) is 2.58. The lowest BCUT2D eigenvalue weighted by Gasteiger charge is -2.26. The number of nitrogens with zero attached hydrogens (tertiary/aromatic N) is 1.